The number of hydrogen-bond donors (Lipinski definition) is 1. The molecule has 0 bridgehead atoms. The molecule has 1 aliphatic rings. The van der Waals surface area contributed by atoms with E-state index in [9.17, 15) is 4.79 Å². The molecule has 0 radical (unpaired) electrons. The molecule has 1 rings (SSSR count). The molecule has 0 aliphatic carbocycles. The van der Waals surface area contributed by atoms with Gasteiger partial charge in [-0.25, -0.2) is 4.79 Å². The van der Waals surface area contributed by atoms with Crippen LogP contribution < -0.4 is 5.53 Å². The van der Waals surface area contributed by atoms with Crippen molar-refractivity contribution in [3.05, 3.63) is 11.4 Å². The number of nitrogens with one attached hydrogen (secondary N) is 1. The first-order valence-corrected chi connectivity index (χ1v) is 10.1. The number of hydrogen-bond acceptors (Lipinski definition) is 10. The zero-order chi connectivity index (χ0) is 18.7. The summed E-state index contributed by atoms with van der Waals surface area (Å²) < 4.78 is 22.0. The second-order valence-electron chi connectivity index (χ2n) is 4.84. The van der Waals surface area contributed by atoms with Crippen molar-refractivity contribution in [2.24, 2.45) is 10.3 Å². The fraction of sp³-hybridized carbons (Fsp3) is 0.714. The Labute approximate surface area is 148 Å². The van der Waals surface area contributed by atoms with Crippen LogP contribution in [0.5, 0.6) is 0 Å². The Bertz CT molecular complexity index is 531. The first kappa shape index (κ1) is 21.0. The number of ether oxygens (including phenoxy) is 1. The van der Waals surface area contributed by atoms with Crippen molar-refractivity contribution >= 4 is 14.8 Å². The van der Waals surface area contributed by atoms with Crippen molar-refractivity contribution in [2.75, 3.05) is 33.5 Å². The van der Waals surface area contributed by atoms with E-state index in [2.05, 4.69) is 20.6 Å². The lowest BCUT2D eigenvalue weighted by Gasteiger charge is -2.29. The first-order chi connectivity index (χ1) is 12.1. The summed E-state index contributed by atoms with van der Waals surface area (Å²) >= 11 is 0. The average molecular weight is 371 g/mol. The Balaban J connectivity index is 2.77. The van der Waals surface area contributed by atoms with Gasteiger partial charge in [-0.2, -0.15) is 10.8 Å². The summed E-state index contributed by atoms with van der Waals surface area (Å²) in [5.74, 6) is -0.627. The Morgan fingerprint density at radius 1 is 1.24 bits per heavy atom. The summed E-state index contributed by atoms with van der Waals surface area (Å²) in [4.78, 5) is 11.7. The summed E-state index contributed by atoms with van der Waals surface area (Å²) in [7, 11) is -1.54. The lowest BCUT2D eigenvalue weighted by molar-refractivity contribution is -0.135. The molecule has 0 atom stereocenters. The van der Waals surface area contributed by atoms with Gasteiger partial charge in [0.1, 0.15) is 6.07 Å². The number of nitriles is 1. The summed E-state index contributed by atoms with van der Waals surface area (Å²) in [6.07, 6.45) is 0.633. The van der Waals surface area contributed by atoms with Gasteiger partial charge in [-0.15, -0.1) is 5.11 Å². The van der Waals surface area contributed by atoms with Crippen LogP contribution in [0.15, 0.2) is 21.7 Å². The molecule has 1 N–H and O–H groups in total. The number of methoxy groups -OCH3 is 1. The van der Waals surface area contributed by atoms with Gasteiger partial charge in [0.15, 0.2) is 11.4 Å². The van der Waals surface area contributed by atoms with Gasteiger partial charge >= 0.3 is 14.8 Å². The van der Waals surface area contributed by atoms with Gasteiger partial charge in [-0.1, -0.05) is 5.22 Å². The third-order valence-corrected chi connectivity index (χ3v) is 6.40. The van der Waals surface area contributed by atoms with Crippen LogP contribution in [0.4, 0.5) is 0 Å². The maximum Gasteiger partial charge on any atom is 0.500 e. The second-order valence-corrected chi connectivity index (χ2v) is 7.57. The molecule has 1 aliphatic heterocycles. The standard InChI is InChI=1S/C14H25N5O5Si/c1-5-22-25(23-6-2,24-7-3)10-8-9-19-13(16-17-18-19)12(11-15)14(20)21-4/h5-10H2,1-4H3,(H,16,18)/b13-12+. The van der Waals surface area contributed by atoms with Gasteiger partial charge in [0.05, 0.1) is 7.11 Å². The van der Waals surface area contributed by atoms with Gasteiger partial charge in [-0.05, 0) is 27.2 Å². The van der Waals surface area contributed by atoms with E-state index in [4.69, 9.17) is 18.5 Å². The number of nitrogens with zero attached hydrogens (tertiary/aromatic N) is 4. The molecule has 25 heavy (non-hydrogen) atoms. The van der Waals surface area contributed by atoms with Crippen LogP contribution in [0.1, 0.15) is 27.2 Å². The Hall–Kier alpha value is -2.00. The topological polar surface area (TPSA) is 118 Å². The lowest BCUT2D eigenvalue weighted by atomic mass is 10.3. The Morgan fingerprint density at radius 2 is 1.84 bits per heavy atom. The predicted molar refractivity (Wildman–Crippen MR) is 89.4 cm³/mol. The fourth-order valence-corrected chi connectivity index (χ4v) is 4.90. The highest BCUT2D eigenvalue weighted by Gasteiger charge is 2.40. The summed E-state index contributed by atoms with van der Waals surface area (Å²) in [5.41, 5.74) is 2.44. The maximum absolute atomic E-state index is 11.7. The van der Waals surface area contributed by atoms with Crippen LogP contribution >= 0.6 is 0 Å². The van der Waals surface area contributed by atoms with E-state index in [1.807, 2.05) is 20.8 Å². The monoisotopic (exact) mass is 371 g/mol. The fourth-order valence-electron chi connectivity index (χ4n) is 2.31. The molecule has 11 heteroatoms. The molecule has 0 unspecified atom stereocenters. The van der Waals surface area contributed by atoms with E-state index in [0.717, 1.165) is 0 Å². The molecule has 10 nitrogen and oxygen atoms in total. The minimum atomic E-state index is -2.74. The third kappa shape index (κ3) is 5.78. The second kappa shape index (κ2) is 10.8. The molecule has 0 amide bonds. The van der Waals surface area contributed by atoms with Crippen LogP contribution in [0.25, 0.3) is 0 Å². The van der Waals surface area contributed by atoms with Crippen LogP contribution in [0, 0.1) is 11.3 Å². The molecule has 0 saturated carbocycles. The van der Waals surface area contributed by atoms with Crippen molar-refractivity contribution in [1.29, 1.82) is 5.26 Å². The van der Waals surface area contributed by atoms with Gasteiger partial charge in [-0.3, -0.25) is 5.01 Å². The quantitative estimate of drug-likeness (QED) is 0.251. The highest BCUT2D eigenvalue weighted by atomic mass is 28.4. The van der Waals surface area contributed by atoms with Crippen LogP contribution in [0.3, 0.4) is 0 Å². The van der Waals surface area contributed by atoms with E-state index in [-0.39, 0.29) is 11.4 Å². The van der Waals surface area contributed by atoms with Crippen molar-refractivity contribution in [2.45, 2.75) is 33.2 Å². The van der Waals surface area contributed by atoms with Gasteiger partial charge in [0.2, 0.25) is 0 Å². The van der Waals surface area contributed by atoms with Crippen molar-refractivity contribution < 1.29 is 22.8 Å². The molecule has 1 heterocycles. The number of carbonyl (C=O) groups is 1. The molecule has 0 fully saturated rings. The number of esters is 1. The molecular formula is C14H25N5O5Si. The van der Waals surface area contributed by atoms with Crippen LogP contribution in [-0.4, -0.2) is 53.3 Å². The molecular weight excluding hydrogens is 346 g/mol. The third-order valence-electron chi connectivity index (χ3n) is 3.25. The summed E-state index contributed by atoms with van der Waals surface area (Å²) in [6, 6.07) is 2.39. The SMILES string of the molecule is CCO[Si](CCCN1NN=N/C1=C(/C#N)C(=O)OC)(OCC)OCC. The van der Waals surface area contributed by atoms with Crippen molar-refractivity contribution in [1.82, 2.24) is 10.5 Å². The van der Waals surface area contributed by atoms with E-state index in [1.165, 1.54) is 12.1 Å². The van der Waals surface area contributed by atoms with Gasteiger partial charge in [0.25, 0.3) is 0 Å². The normalized spacial score (nSPS) is 15.7. The van der Waals surface area contributed by atoms with Crippen LogP contribution in [-0.2, 0) is 22.8 Å². The van der Waals surface area contributed by atoms with Crippen molar-refractivity contribution in [3.8, 4) is 6.07 Å². The van der Waals surface area contributed by atoms with Gasteiger partial charge < -0.3 is 18.0 Å². The Kier molecular flexibility index (Phi) is 9.07. The molecule has 0 aromatic rings. The zero-order valence-electron chi connectivity index (χ0n) is 15.1. The number of rotatable bonds is 11. The first-order valence-electron chi connectivity index (χ1n) is 8.15. The smallest absolute Gasteiger partial charge is 0.465 e. The van der Waals surface area contributed by atoms with Gasteiger partial charge in [0, 0.05) is 32.4 Å². The zero-order valence-corrected chi connectivity index (χ0v) is 16.1. The van der Waals surface area contributed by atoms with Crippen LogP contribution in [0.2, 0.25) is 6.04 Å². The van der Waals surface area contributed by atoms with E-state index in [1.54, 1.807) is 6.07 Å². The van der Waals surface area contributed by atoms with E-state index >= 15 is 0 Å². The number of hydrazine groups is 1. The molecule has 0 saturated heterocycles. The maximum atomic E-state index is 11.7. The Morgan fingerprint density at radius 3 is 2.32 bits per heavy atom. The minimum Gasteiger partial charge on any atom is -0.465 e. The molecule has 0 aromatic carbocycles. The number of carbonyl (C=O) groups excluding carboxylic acids is 1. The summed E-state index contributed by atoms with van der Waals surface area (Å²) in [6.45, 7) is 7.65. The highest BCUT2D eigenvalue weighted by molar-refractivity contribution is 6.60. The van der Waals surface area contributed by atoms with E-state index in [0.29, 0.717) is 38.8 Å². The predicted octanol–water partition coefficient (Wildman–Crippen LogP) is 1.52. The molecule has 140 valence electrons. The molecule has 0 spiro atoms. The minimum absolute atomic E-state index is 0.130. The average Bonchev–Trinajstić information content (AvgIpc) is 3.04. The molecule has 0 aromatic heterocycles. The highest BCUT2D eigenvalue weighted by Crippen LogP contribution is 2.21. The van der Waals surface area contributed by atoms with E-state index < -0.39 is 14.8 Å². The lowest BCUT2D eigenvalue weighted by Crippen LogP contribution is -2.46. The largest absolute Gasteiger partial charge is 0.500 e. The van der Waals surface area contributed by atoms with Crippen molar-refractivity contribution in [3.63, 3.8) is 0 Å². The summed E-state index contributed by atoms with van der Waals surface area (Å²) in [5, 5.41) is 18.1.